The molecule has 1 rings (SSSR count). The average molecular weight is 339 g/mol. The van der Waals surface area contributed by atoms with Crippen molar-refractivity contribution in [3.8, 4) is 0 Å². The first-order valence-electron chi connectivity index (χ1n) is 2.13. The molecule has 0 nitrogen and oxygen atoms in total. The van der Waals surface area contributed by atoms with Gasteiger partial charge in [0.05, 0.1) is 0 Å². The van der Waals surface area contributed by atoms with Crippen LogP contribution in [0.1, 0.15) is 13.3 Å². The monoisotopic (exact) mass is 339 g/mol. The standard InChI is InChI=1S/C6H7.BrH.Hf/c1-6-4-2-3-5-6;;/h2,4H,3H2,1H3;1H;/q-1;;. The zero-order valence-corrected chi connectivity index (χ0v) is 10.1. The molecule has 0 N–H and O–H groups in total. The zero-order chi connectivity index (χ0) is 4.41. The molecule has 0 aromatic rings. The second-order valence-electron chi connectivity index (χ2n) is 1.47. The van der Waals surface area contributed by atoms with Gasteiger partial charge in [0.2, 0.25) is 0 Å². The molecule has 8 heavy (non-hydrogen) atoms. The third-order valence-electron chi connectivity index (χ3n) is 0.867. The van der Waals surface area contributed by atoms with Gasteiger partial charge in [0.15, 0.2) is 0 Å². The smallest absolute Gasteiger partial charge is 0 e. The summed E-state index contributed by atoms with van der Waals surface area (Å²) in [5, 5.41) is 0. The fourth-order valence-electron chi connectivity index (χ4n) is 0.515. The summed E-state index contributed by atoms with van der Waals surface area (Å²) in [5.74, 6) is 0. The zero-order valence-electron chi connectivity index (χ0n) is 4.77. The van der Waals surface area contributed by atoms with Gasteiger partial charge in [0, 0.05) is 25.8 Å². The molecule has 0 unspecified atom stereocenters. The van der Waals surface area contributed by atoms with Crippen molar-refractivity contribution in [1.29, 1.82) is 0 Å². The van der Waals surface area contributed by atoms with E-state index < -0.39 is 0 Å². The van der Waals surface area contributed by atoms with Gasteiger partial charge in [-0.25, -0.2) is 11.6 Å². The first-order valence-corrected chi connectivity index (χ1v) is 2.13. The molecule has 1 aliphatic rings. The molecule has 0 atom stereocenters. The van der Waals surface area contributed by atoms with Gasteiger partial charge in [-0.3, -0.25) is 6.08 Å². The third kappa shape index (κ3) is 3.79. The Kier molecular flexibility index (Phi) is 8.64. The van der Waals surface area contributed by atoms with Crippen LogP contribution in [0.5, 0.6) is 0 Å². The van der Waals surface area contributed by atoms with Gasteiger partial charge < -0.3 is 0 Å². The molecule has 0 aliphatic heterocycles. The second kappa shape index (κ2) is 5.96. The summed E-state index contributed by atoms with van der Waals surface area (Å²) in [6, 6.07) is 0. The van der Waals surface area contributed by atoms with Crippen LogP contribution in [-0.4, -0.2) is 0 Å². The fraction of sp³-hybridized carbons (Fsp3) is 0.333. The molecular weight excluding hydrogens is 330 g/mol. The first-order chi connectivity index (χ1) is 2.89. The van der Waals surface area contributed by atoms with Gasteiger partial charge >= 0.3 is 0 Å². The molecular formula is C6H8BrHf-. The molecule has 1 aliphatic carbocycles. The van der Waals surface area contributed by atoms with Gasteiger partial charge in [-0.05, 0) is 0 Å². The summed E-state index contributed by atoms with van der Waals surface area (Å²) < 4.78 is 0. The Bertz CT molecular complexity index is 102. The van der Waals surface area contributed by atoms with Gasteiger partial charge in [-0.15, -0.1) is 23.4 Å². The SMILES string of the molecule is Br.CC1=[C-]CC=C1.[Hf]. The van der Waals surface area contributed by atoms with Crippen LogP contribution in [0.25, 0.3) is 0 Å². The van der Waals surface area contributed by atoms with Crippen molar-refractivity contribution in [1.82, 2.24) is 0 Å². The minimum absolute atomic E-state index is 0. The molecule has 0 saturated carbocycles. The predicted octanol–water partition coefficient (Wildman–Crippen LogP) is 2.27. The Morgan fingerprint density at radius 1 is 1.62 bits per heavy atom. The van der Waals surface area contributed by atoms with Crippen LogP contribution < -0.4 is 0 Å². The largest absolute Gasteiger partial charge is 0.270 e. The van der Waals surface area contributed by atoms with Crippen LogP contribution in [0.4, 0.5) is 0 Å². The Morgan fingerprint density at radius 3 is 2.38 bits per heavy atom. The topological polar surface area (TPSA) is 0 Å². The van der Waals surface area contributed by atoms with Crippen molar-refractivity contribution >= 4 is 17.0 Å². The maximum Gasteiger partial charge on any atom is 0 e. The van der Waals surface area contributed by atoms with Gasteiger partial charge in [0.25, 0.3) is 0 Å². The number of hydrogen-bond acceptors (Lipinski definition) is 0. The van der Waals surface area contributed by atoms with Crippen LogP contribution >= 0.6 is 17.0 Å². The summed E-state index contributed by atoms with van der Waals surface area (Å²) >= 11 is 0. The number of rotatable bonds is 0. The quantitative estimate of drug-likeness (QED) is 0.470. The maximum absolute atomic E-state index is 3.12. The van der Waals surface area contributed by atoms with Gasteiger partial charge in [-0.1, -0.05) is 6.92 Å². The van der Waals surface area contributed by atoms with E-state index in [1.165, 1.54) is 5.57 Å². The van der Waals surface area contributed by atoms with Crippen molar-refractivity contribution in [2.75, 3.05) is 0 Å². The van der Waals surface area contributed by atoms with E-state index in [1.54, 1.807) is 0 Å². The third-order valence-corrected chi connectivity index (χ3v) is 0.867. The molecule has 2 heteroatoms. The van der Waals surface area contributed by atoms with Crippen LogP contribution in [0.2, 0.25) is 0 Å². The summed E-state index contributed by atoms with van der Waals surface area (Å²) in [7, 11) is 0. The molecule has 44 valence electrons. The van der Waals surface area contributed by atoms with Crippen molar-refractivity contribution in [2.24, 2.45) is 0 Å². The maximum atomic E-state index is 3.12. The summed E-state index contributed by atoms with van der Waals surface area (Å²) in [6.07, 6.45) is 8.33. The Balaban J connectivity index is 0. The molecule has 0 bridgehead atoms. The Morgan fingerprint density at radius 2 is 2.25 bits per heavy atom. The van der Waals surface area contributed by atoms with Crippen molar-refractivity contribution < 1.29 is 25.8 Å². The summed E-state index contributed by atoms with van der Waals surface area (Å²) in [6.45, 7) is 2.06. The van der Waals surface area contributed by atoms with Crippen molar-refractivity contribution in [2.45, 2.75) is 13.3 Å². The van der Waals surface area contributed by atoms with E-state index in [0.29, 0.717) is 0 Å². The fourth-order valence-corrected chi connectivity index (χ4v) is 0.515. The molecule has 0 aromatic heterocycles. The minimum Gasteiger partial charge on any atom is -0.270 e. The van der Waals surface area contributed by atoms with Gasteiger partial charge in [-0.2, -0.15) is 6.08 Å². The minimum atomic E-state index is 0. The second-order valence-corrected chi connectivity index (χ2v) is 1.47. The van der Waals surface area contributed by atoms with E-state index in [1.807, 2.05) is 0 Å². The molecule has 0 spiro atoms. The van der Waals surface area contributed by atoms with Gasteiger partial charge in [0.1, 0.15) is 0 Å². The molecule has 0 saturated heterocycles. The Labute approximate surface area is 79.6 Å². The molecule has 0 aromatic carbocycles. The van der Waals surface area contributed by atoms with Crippen molar-refractivity contribution in [3.63, 3.8) is 0 Å². The normalized spacial score (nSPS) is 13.9. The number of hydrogen-bond donors (Lipinski definition) is 0. The van der Waals surface area contributed by atoms with E-state index >= 15 is 0 Å². The molecule has 0 radical (unpaired) electrons. The molecule has 0 heterocycles. The van der Waals surface area contributed by atoms with Crippen LogP contribution in [0, 0.1) is 6.08 Å². The van der Waals surface area contributed by atoms with E-state index in [9.17, 15) is 0 Å². The van der Waals surface area contributed by atoms with Crippen molar-refractivity contribution in [3.05, 3.63) is 23.8 Å². The summed E-state index contributed by atoms with van der Waals surface area (Å²) in [5.41, 5.74) is 1.27. The molecule has 0 amide bonds. The number of allylic oxidation sites excluding steroid dienone is 4. The van der Waals surface area contributed by atoms with E-state index in [2.05, 4.69) is 25.2 Å². The van der Waals surface area contributed by atoms with Crippen LogP contribution in [-0.2, 0) is 25.8 Å². The molecule has 0 fully saturated rings. The average Bonchev–Trinajstić information content (AvgIpc) is 1.86. The van der Waals surface area contributed by atoms with E-state index in [4.69, 9.17) is 0 Å². The predicted molar refractivity (Wildman–Crippen MR) is 36.5 cm³/mol. The van der Waals surface area contributed by atoms with E-state index in [-0.39, 0.29) is 42.8 Å². The first kappa shape index (κ1) is 11.6. The summed E-state index contributed by atoms with van der Waals surface area (Å²) in [4.78, 5) is 0. The van der Waals surface area contributed by atoms with Crippen LogP contribution in [0.15, 0.2) is 17.7 Å². The number of halogens is 1. The Hall–Kier alpha value is 0.830. The van der Waals surface area contributed by atoms with E-state index in [0.717, 1.165) is 6.42 Å². The van der Waals surface area contributed by atoms with Crippen LogP contribution in [0.3, 0.4) is 0 Å².